The van der Waals surface area contributed by atoms with Gasteiger partial charge < -0.3 is 9.73 Å². The van der Waals surface area contributed by atoms with Crippen molar-refractivity contribution in [3.05, 3.63) is 45.7 Å². The first-order chi connectivity index (χ1) is 12.0. The topological polar surface area (TPSA) is 72.2 Å². The molecule has 5 nitrogen and oxygen atoms in total. The summed E-state index contributed by atoms with van der Waals surface area (Å²) in [7, 11) is 0. The number of anilines is 1. The molecular formula is C19H18N2O3S. The fraction of sp³-hybridized carbons (Fsp3) is 0.316. The van der Waals surface area contributed by atoms with Crippen molar-refractivity contribution in [3.63, 3.8) is 0 Å². The molecule has 1 aliphatic carbocycles. The molecule has 4 rings (SSSR count). The standard InChI is InChI=1S/C19H18N2O3S/c1-10-6-13-12(9-24-16(13)7-11(10)2)8-17(23)21-19-20-14-4-3-5-15(22)18(14)25-19/h6-7,9H,3-5,8H2,1-2H3,(H,20,21,23). The maximum absolute atomic E-state index is 12.4. The van der Waals surface area contributed by atoms with Crippen LogP contribution in [0.3, 0.4) is 0 Å². The van der Waals surface area contributed by atoms with E-state index in [-0.39, 0.29) is 18.1 Å². The van der Waals surface area contributed by atoms with E-state index in [2.05, 4.69) is 16.4 Å². The van der Waals surface area contributed by atoms with Gasteiger partial charge in [-0.15, -0.1) is 0 Å². The van der Waals surface area contributed by atoms with Gasteiger partial charge in [-0.1, -0.05) is 11.3 Å². The normalized spacial score (nSPS) is 13.9. The molecule has 0 aliphatic heterocycles. The van der Waals surface area contributed by atoms with Crippen molar-refractivity contribution >= 4 is 39.1 Å². The number of hydrogen-bond acceptors (Lipinski definition) is 5. The van der Waals surface area contributed by atoms with Crippen molar-refractivity contribution < 1.29 is 14.0 Å². The number of carbonyl (C=O) groups is 2. The largest absolute Gasteiger partial charge is 0.464 e. The zero-order valence-corrected chi connectivity index (χ0v) is 15.0. The van der Waals surface area contributed by atoms with E-state index in [9.17, 15) is 9.59 Å². The quantitative estimate of drug-likeness (QED) is 0.765. The van der Waals surface area contributed by atoms with Crippen LogP contribution in [0.4, 0.5) is 5.13 Å². The van der Waals surface area contributed by atoms with Gasteiger partial charge in [-0.3, -0.25) is 9.59 Å². The van der Waals surface area contributed by atoms with Crippen LogP contribution in [0.5, 0.6) is 0 Å². The highest BCUT2D eigenvalue weighted by Crippen LogP contribution is 2.30. The van der Waals surface area contributed by atoms with Crippen LogP contribution in [-0.4, -0.2) is 16.7 Å². The Kier molecular flexibility index (Phi) is 3.92. The van der Waals surface area contributed by atoms with Gasteiger partial charge in [-0.05, 0) is 49.9 Å². The Morgan fingerprint density at radius 2 is 2.08 bits per heavy atom. The molecule has 1 aromatic carbocycles. The third kappa shape index (κ3) is 2.98. The summed E-state index contributed by atoms with van der Waals surface area (Å²) in [5.74, 6) is -0.0228. The van der Waals surface area contributed by atoms with E-state index in [4.69, 9.17) is 4.42 Å². The lowest BCUT2D eigenvalue weighted by atomic mass is 10.0. The number of furan rings is 1. The van der Waals surface area contributed by atoms with Crippen molar-refractivity contribution in [1.29, 1.82) is 0 Å². The minimum atomic E-state index is -0.153. The number of carbonyl (C=O) groups excluding carboxylic acids is 2. The number of thiazole rings is 1. The second-order valence-electron chi connectivity index (χ2n) is 6.49. The zero-order valence-electron chi connectivity index (χ0n) is 14.1. The van der Waals surface area contributed by atoms with E-state index in [1.807, 2.05) is 19.9 Å². The summed E-state index contributed by atoms with van der Waals surface area (Å²) in [6.07, 6.45) is 4.07. The molecular weight excluding hydrogens is 336 g/mol. The Morgan fingerprint density at radius 3 is 2.88 bits per heavy atom. The van der Waals surface area contributed by atoms with Crippen molar-refractivity contribution in [2.24, 2.45) is 0 Å². The molecule has 0 bridgehead atoms. The number of amides is 1. The average molecular weight is 354 g/mol. The first kappa shape index (κ1) is 16.0. The third-order valence-corrected chi connectivity index (χ3v) is 5.69. The molecule has 3 aromatic rings. The number of nitrogens with one attached hydrogen (secondary N) is 1. The summed E-state index contributed by atoms with van der Waals surface area (Å²) in [6.45, 7) is 4.08. The number of rotatable bonds is 3. The van der Waals surface area contributed by atoms with Crippen molar-refractivity contribution in [2.75, 3.05) is 5.32 Å². The van der Waals surface area contributed by atoms with Gasteiger partial charge in [0, 0.05) is 17.4 Å². The zero-order chi connectivity index (χ0) is 17.6. The number of Topliss-reactive ketones (excluding diaryl/α,β-unsaturated/α-hetero) is 1. The van der Waals surface area contributed by atoms with E-state index in [0.29, 0.717) is 16.4 Å². The van der Waals surface area contributed by atoms with Crippen LogP contribution in [0.2, 0.25) is 0 Å². The third-order valence-electron chi connectivity index (χ3n) is 4.64. The molecule has 128 valence electrons. The Morgan fingerprint density at radius 1 is 1.28 bits per heavy atom. The monoisotopic (exact) mass is 354 g/mol. The van der Waals surface area contributed by atoms with Gasteiger partial charge in [0.05, 0.1) is 23.3 Å². The lowest BCUT2D eigenvalue weighted by Gasteiger charge is -2.05. The SMILES string of the molecule is Cc1cc2occ(CC(=O)Nc3nc4c(s3)C(=O)CCC4)c2cc1C. The van der Waals surface area contributed by atoms with E-state index >= 15 is 0 Å². The highest BCUT2D eigenvalue weighted by molar-refractivity contribution is 7.17. The molecule has 2 aromatic heterocycles. The minimum absolute atomic E-state index is 0.130. The van der Waals surface area contributed by atoms with Crippen molar-refractivity contribution in [3.8, 4) is 0 Å². The lowest BCUT2D eigenvalue weighted by molar-refractivity contribution is -0.115. The molecule has 0 saturated heterocycles. The van der Waals surface area contributed by atoms with Crippen LogP contribution >= 0.6 is 11.3 Å². The molecule has 0 saturated carbocycles. The minimum Gasteiger partial charge on any atom is -0.464 e. The van der Waals surface area contributed by atoms with Crippen LogP contribution in [0.15, 0.2) is 22.8 Å². The van der Waals surface area contributed by atoms with Crippen LogP contribution in [0.1, 0.15) is 44.9 Å². The fourth-order valence-corrected chi connectivity index (χ4v) is 4.13. The summed E-state index contributed by atoms with van der Waals surface area (Å²) in [6, 6.07) is 4.05. The van der Waals surface area contributed by atoms with Crippen molar-refractivity contribution in [2.45, 2.75) is 39.5 Å². The molecule has 6 heteroatoms. The predicted molar refractivity (Wildman–Crippen MR) is 97.4 cm³/mol. The number of benzene rings is 1. The number of aromatic nitrogens is 1. The smallest absolute Gasteiger partial charge is 0.230 e. The second-order valence-corrected chi connectivity index (χ2v) is 7.49. The van der Waals surface area contributed by atoms with Gasteiger partial charge in [0.2, 0.25) is 5.91 Å². The average Bonchev–Trinajstić information content (AvgIpc) is 3.13. The number of ketones is 1. The summed E-state index contributed by atoms with van der Waals surface area (Å²) in [5.41, 5.74) is 4.79. The van der Waals surface area contributed by atoms with Gasteiger partial charge >= 0.3 is 0 Å². The highest BCUT2D eigenvalue weighted by atomic mass is 32.1. The molecule has 0 spiro atoms. The number of hydrogen-bond donors (Lipinski definition) is 1. The van der Waals surface area contributed by atoms with E-state index in [1.165, 1.54) is 16.9 Å². The lowest BCUT2D eigenvalue weighted by Crippen LogP contribution is -2.14. The first-order valence-corrected chi connectivity index (χ1v) is 9.13. The maximum atomic E-state index is 12.4. The van der Waals surface area contributed by atoms with E-state index in [0.717, 1.165) is 40.6 Å². The molecule has 0 atom stereocenters. The number of aryl methyl sites for hydroxylation is 3. The van der Waals surface area contributed by atoms with E-state index < -0.39 is 0 Å². The fourth-order valence-electron chi connectivity index (χ4n) is 3.13. The van der Waals surface area contributed by atoms with E-state index in [1.54, 1.807) is 6.26 Å². The molecule has 1 aliphatic rings. The van der Waals surface area contributed by atoms with Gasteiger partial charge in [0.15, 0.2) is 10.9 Å². The highest BCUT2D eigenvalue weighted by Gasteiger charge is 2.23. The first-order valence-electron chi connectivity index (χ1n) is 8.31. The molecule has 0 fully saturated rings. The van der Waals surface area contributed by atoms with Crippen LogP contribution in [-0.2, 0) is 17.6 Å². The summed E-state index contributed by atoms with van der Waals surface area (Å²) < 4.78 is 5.58. The van der Waals surface area contributed by atoms with Crippen LogP contribution < -0.4 is 5.32 Å². The Balaban J connectivity index is 1.53. The van der Waals surface area contributed by atoms with Crippen LogP contribution in [0.25, 0.3) is 11.0 Å². The molecule has 0 unspecified atom stereocenters. The summed E-state index contributed by atoms with van der Waals surface area (Å²) in [4.78, 5) is 29.4. The molecule has 0 radical (unpaired) electrons. The molecule has 1 N–H and O–H groups in total. The summed E-state index contributed by atoms with van der Waals surface area (Å²) >= 11 is 1.28. The Hall–Kier alpha value is -2.47. The number of fused-ring (bicyclic) bond motifs is 2. The maximum Gasteiger partial charge on any atom is 0.230 e. The van der Waals surface area contributed by atoms with Crippen molar-refractivity contribution in [1.82, 2.24) is 4.98 Å². The molecule has 2 heterocycles. The number of nitrogens with zero attached hydrogens (tertiary/aromatic N) is 1. The summed E-state index contributed by atoms with van der Waals surface area (Å²) in [5, 5.41) is 4.29. The van der Waals surface area contributed by atoms with Gasteiger partial charge in [0.1, 0.15) is 5.58 Å². The Bertz CT molecular complexity index is 1000. The van der Waals surface area contributed by atoms with Gasteiger partial charge in [-0.2, -0.15) is 0 Å². The van der Waals surface area contributed by atoms with Crippen LogP contribution in [0, 0.1) is 13.8 Å². The molecule has 1 amide bonds. The second kappa shape index (κ2) is 6.11. The van der Waals surface area contributed by atoms with Gasteiger partial charge in [-0.25, -0.2) is 4.98 Å². The Labute approximate surface area is 149 Å². The predicted octanol–water partition coefficient (Wildman–Crippen LogP) is 4.21. The van der Waals surface area contributed by atoms with Gasteiger partial charge in [0.25, 0.3) is 0 Å². The molecule has 25 heavy (non-hydrogen) atoms.